The van der Waals surface area contributed by atoms with Gasteiger partial charge in [-0.15, -0.1) is 0 Å². The van der Waals surface area contributed by atoms with Crippen molar-refractivity contribution in [1.82, 2.24) is 0 Å². The van der Waals surface area contributed by atoms with Gasteiger partial charge in [-0.3, -0.25) is 9.59 Å². The first-order chi connectivity index (χ1) is 12.1. The number of carbonyl (C=O) groups excluding carboxylic acids is 2. The molecule has 0 radical (unpaired) electrons. The number of rotatable bonds is 5. The van der Waals surface area contributed by atoms with Crippen LogP contribution in [0, 0.1) is 5.92 Å². The average Bonchev–Trinajstić information content (AvgIpc) is 2.99. The lowest BCUT2D eigenvalue weighted by molar-refractivity contribution is -0.122. The first-order valence-electron chi connectivity index (χ1n) is 8.17. The van der Waals surface area contributed by atoms with Crippen LogP contribution in [0.2, 0.25) is 0 Å². The van der Waals surface area contributed by atoms with Gasteiger partial charge in [0.15, 0.2) is 0 Å². The summed E-state index contributed by atoms with van der Waals surface area (Å²) in [5.74, 6) is 0.0376. The van der Waals surface area contributed by atoms with Gasteiger partial charge < -0.3 is 15.0 Å². The molecule has 0 bridgehead atoms. The molecule has 25 heavy (non-hydrogen) atoms. The zero-order valence-electron chi connectivity index (χ0n) is 13.9. The Labute approximate surface area is 155 Å². The monoisotopic (exact) mass is 402 g/mol. The van der Waals surface area contributed by atoms with Gasteiger partial charge >= 0.3 is 0 Å². The first kappa shape index (κ1) is 17.5. The highest BCUT2D eigenvalue weighted by molar-refractivity contribution is 9.10. The van der Waals surface area contributed by atoms with Crippen LogP contribution in [0.5, 0.6) is 5.75 Å². The summed E-state index contributed by atoms with van der Waals surface area (Å²) in [5, 5.41) is 2.89. The fourth-order valence-electron chi connectivity index (χ4n) is 2.87. The summed E-state index contributed by atoms with van der Waals surface area (Å²) in [5.41, 5.74) is 1.42. The van der Waals surface area contributed by atoms with Crippen molar-refractivity contribution in [2.75, 3.05) is 23.4 Å². The van der Waals surface area contributed by atoms with Crippen molar-refractivity contribution < 1.29 is 14.3 Å². The van der Waals surface area contributed by atoms with Crippen molar-refractivity contribution in [3.63, 3.8) is 0 Å². The second-order valence-electron chi connectivity index (χ2n) is 5.78. The molecule has 1 saturated heterocycles. The van der Waals surface area contributed by atoms with Crippen molar-refractivity contribution in [3.05, 3.63) is 53.0 Å². The fraction of sp³-hybridized carbons (Fsp3) is 0.263. The molecule has 1 aliphatic rings. The number of halogens is 1. The SMILES string of the molecule is CCOc1ccccc1N1CC(C(=O)Nc2ccccc2Br)CC1=O. The van der Waals surface area contributed by atoms with E-state index in [9.17, 15) is 9.59 Å². The van der Waals surface area contributed by atoms with Crippen LogP contribution < -0.4 is 15.0 Å². The topological polar surface area (TPSA) is 58.6 Å². The number of hydrogen-bond donors (Lipinski definition) is 1. The van der Waals surface area contributed by atoms with Crippen LogP contribution in [0.4, 0.5) is 11.4 Å². The van der Waals surface area contributed by atoms with Gasteiger partial charge in [0.25, 0.3) is 0 Å². The summed E-state index contributed by atoms with van der Waals surface area (Å²) in [6.45, 7) is 2.76. The Kier molecular flexibility index (Phi) is 5.38. The molecule has 1 heterocycles. The van der Waals surface area contributed by atoms with E-state index in [1.807, 2.05) is 55.5 Å². The summed E-state index contributed by atoms with van der Waals surface area (Å²) in [4.78, 5) is 26.6. The van der Waals surface area contributed by atoms with Crippen LogP contribution in [0.1, 0.15) is 13.3 Å². The maximum absolute atomic E-state index is 12.6. The molecule has 2 amide bonds. The Hall–Kier alpha value is -2.34. The molecule has 1 fully saturated rings. The van der Waals surface area contributed by atoms with E-state index < -0.39 is 5.92 Å². The lowest BCUT2D eigenvalue weighted by Crippen LogP contribution is -2.28. The predicted molar refractivity (Wildman–Crippen MR) is 101 cm³/mol. The molecule has 6 heteroatoms. The number of amides is 2. The number of nitrogens with zero attached hydrogens (tertiary/aromatic N) is 1. The van der Waals surface area contributed by atoms with Gasteiger partial charge in [0, 0.05) is 17.4 Å². The second kappa shape index (κ2) is 7.70. The Balaban J connectivity index is 1.74. The predicted octanol–water partition coefficient (Wildman–Crippen LogP) is 3.84. The largest absolute Gasteiger partial charge is 0.492 e. The number of hydrogen-bond acceptors (Lipinski definition) is 3. The van der Waals surface area contributed by atoms with E-state index in [-0.39, 0.29) is 18.2 Å². The molecular formula is C19H19BrN2O3. The zero-order chi connectivity index (χ0) is 17.8. The van der Waals surface area contributed by atoms with Crippen LogP contribution in [0.25, 0.3) is 0 Å². The van der Waals surface area contributed by atoms with Gasteiger partial charge in [-0.05, 0) is 47.1 Å². The molecule has 0 spiro atoms. The molecule has 0 saturated carbocycles. The highest BCUT2D eigenvalue weighted by atomic mass is 79.9. The quantitative estimate of drug-likeness (QED) is 0.826. The first-order valence-corrected chi connectivity index (χ1v) is 8.97. The number of anilines is 2. The number of carbonyl (C=O) groups is 2. The smallest absolute Gasteiger partial charge is 0.229 e. The molecule has 0 aromatic heterocycles. The van der Waals surface area contributed by atoms with Gasteiger partial charge in [0.05, 0.1) is 23.9 Å². The Bertz CT molecular complexity index is 794. The second-order valence-corrected chi connectivity index (χ2v) is 6.63. The summed E-state index contributed by atoms with van der Waals surface area (Å²) < 4.78 is 6.42. The van der Waals surface area contributed by atoms with Gasteiger partial charge in [-0.25, -0.2) is 0 Å². The Morgan fingerprint density at radius 2 is 1.96 bits per heavy atom. The van der Waals surface area contributed by atoms with Gasteiger partial charge in [-0.1, -0.05) is 24.3 Å². The van der Waals surface area contributed by atoms with Gasteiger partial charge in [0.2, 0.25) is 11.8 Å². The maximum atomic E-state index is 12.6. The van der Waals surface area contributed by atoms with E-state index in [0.29, 0.717) is 30.3 Å². The highest BCUT2D eigenvalue weighted by Gasteiger charge is 2.36. The molecule has 5 nitrogen and oxygen atoms in total. The van der Waals surface area contributed by atoms with E-state index >= 15 is 0 Å². The number of para-hydroxylation sites is 3. The Morgan fingerprint density at radius 3 is 2.72 bits per heavy atom. The molecule has 1 atom stereocenters. The third-order valence-electron chi connectivity index (χ3n) is 4.08. The molecule has 2 aromatic rings. The van der Waals surface area contributed by atoms with Crippen molar-refractivity contribution in [3.8, 4) is 5.75 Å². The molecule has 2 aromatic carbocycles. The fourth-order valence-corrected chi connectivity index (χ4v) is 3.26. The average molecular weight is 403 g/mol. The van der Waals surface area contributed by atoms with Crippen LogP contribution in [-0.4, -0.2) is 25.0 Å². The molecular weight excluding hydrogens is 384 g/mol. The minimum Gasteiger partial charge on any atom is -0.492 e. The van der Waals surface area contributed by atoms with E-state index in [1.165, 1.54) is 0 Å². The number of ether oxygens (including phenoxy) is 1. The number of benzene rings is 2. The molecule has 1 N–H and O–H groups in total. The van der Waals surface area contributed by atoms with Gasteiger partial charge in [0.1, 0.15) is 5.75 Å². The molecule has 130 valence electrons. The number of nitrogens with one attached hydrogen (secondary N) is 1. The lowest BCUT2D eigenvalue weighted by atomic mass is 10.1. The van der Waals surface area contributed by atoms with Crippen LogP contribution in [0.3, 0.4) is 0 Å². The summed E-state index contributed by atoms with van der Waals surface area (Å²) >= 11 is 3.41. The Morgan fingerprint density at radius 1 is 1.24 bits per heavy atom. The van der Waals surface area contributed by atoms with E-state index in [1.54, 1.807) is 4.90 Å². The van der Waals surface area contributed by atoms with Crippen molar-refractivity contribution in [2.24, 2.45) is 5.92 Å². The lowest BCUT2D eigenvalue weighted by Gasteiger charge is -2.20. The molecule has 0 aliphatic carbocycles. The molecule has 1 unspecified atom stereocenters. The maximum Gasteiger partial charge on any atom is 0.229 e. The van der Waals surface area contributed by atoms with Crippen molar-refractivity contribution in [2.45, 2.75) is 13.3 Å². The molecule has 1 aliphatic heterocycles. The summed E-state index contributed by atoms with van der Waals surface area (Å²) in [7, 11) is 0. The highest BCUT2D eigenvalue weighted by Crippen LogP contribution is 2.33. The third kappa shape index (κ3) is 3.85. The normalized spacial score (nSPS) is 16.8. The minimum absolute atomic E-state index is 0.0700. The zero-order valence-corrected chi connectivity index (χ0v) is 15.5. The van der Waals surface area contributed by atoms with Crippen molar-refractivity contribution in [1.29, 1.82) is 0 Å². The van der Waals surface area contributed by atoms with E-state index in [4.69, 9.17) is 4.74 Å². The summed E-state index contributed by atoms with van der Waals surface area (Å²) in [6.07, 6.45) is 0.191. The van der Waals surface area contributed by atoms with Crippen molar-refractivity contribution >= 4 is 39.1 Å². The van der Waals surface area contributed by atoms with E-state index in [2.05, 4.69) is 21.2 Å². The van der Waals surface area contributed by atoms with Crippen LogP contribution in [0.15, 0.2) is 53.0 Å². The van der Waals surface area contributed by atoms with Gasteiger partial charge in [-0.2, -0.15) is 0 Å². The van der Waals surface area contributed by atoms with E-state index in [0.717, 1.165) is 4.47 Å². The summed E-state index contributed by atoms with van der Waals surface area (Å²) in [6, 6.07) is 14.8. The minimum atomic E-state index is -0.394. The van der Waals surface area contributed by atoms with Crippen LogP contribution >= 0.6 is 15.9 Å². The van der Waals surface area contributed by atoms with Crippen LogP contribution in [-0.2, 0) is 9.59 Å². The molecule has 3 rings (SSSR count). The standard InChI is InChI=1S/C19H19BrN2O3/c1-2-25-17-10-6-5-9-16(17)22-12-13(11-18(22)23)19(24)21-15-8-4-3-7-14(15)20/h3-10,13H,2,11-12H2,1H3,(H,21,24). The third-order valence-corrected chi connectivity index (χ3v) is 4.77.